The summed E-state index contributed by atoms with van der Waals surface area (Å²) in [6.07, 6.45) is 1.64. The van der Waals surface area contributed by atoms with Crippen molar-refractivity contribution < 1.29 is 13.9 Å². The van der Waals surface area contributed by atoms with Crippen molar-refractivity contribution in [1.82, 2.24) is 0 Å². The standard InChI is InChI=1S/C27H29ClFNO2S/c1-4-27(5-2,20-9-16-24(28)25(29)18-20)32-22-12-10-21(11-13-22)30-26(31)17-19-7-14-23(15-8-19)33-6-3/h7-16,18H,4-6,17H2,1-3H3,(H,30,31). The molecule has 0 saturated heterocycles. The van der Waals surface area contributed by atoms with Gasteiger partial charge in [0.25, 0.3) is 0 Å². The van der Waals surface area contributed by atoms with Crippen molar-refractivity contribution in [3.05, 3.63) is 88.7 Å². The SMILES string of the molecule is CCSc1ccc(CC(=O)Nc2ccc(OC(CC)(CC)c3ccc(Cl)c(F)c3)cc2)cc1. The van der Waals surface area contributed by atoms with Gasteiger partial charge in [0.1, 0.15) is 17.2 Å². The lowest BCUT2D eigenvalue weighted by atomic mass is 9.88. The van der Waals surface area contributed by atoms with Crippen molar-refractivity contribution in [3.63, 3.8) is 0 Å². The Morgan fingerprint density at radius 1 is 1.00 bits per heavy atom. The first-order valence-electron chi connectivity index (χ1n) is 11.1. The van der Waals surface area contributed by atoms with E-state index in [9.17, 15) is 9.18 Å². The van der Waals surface area contributed by atoms with Crippen molar-refractivity contribution in [1.29, 1.82) is 0 Å². The molecule has 3 aromatic carbocycles. The molecule has 174 valence electrons. The Morgan fingerprint density at radius 2 is 1.67 bits per heavy atom. The first-order valence-corrected chi connectivity index (χ1v) is 12.5. The molecule has 0 bridgehead atoms. The Bertz CT molecular complexity index is 1070. The summed E-state index contributed by atoms with van der Waals surface area (Å²) in [5.41, 5.74) is 1.74. The van der Waals surface area contributed by atoms with Gasteiger partial charge in [0, 0.05) is 10.6 Å². The van der Waals surface area contributed by atoms with Crippen LogP contribution in [0, 0.1) is 5.82 Å². The van der Waals surface area contributed by atoms with E-state index in [1.165, 1.54) is 11.0 Å². The van der Waals surface area contributed by atoms with E-state index >= 15 is 0 Å². The highest BCUT2D eigenvalue weighted by Crippen LogP contribution is 2.36. The minimum atomic E-state index is -0.668. The van der Waals surface area contributed by atoms with Crippen molar-refractivity contribution in [2.75, 3.05) is 11.1 Å². The van der Waals surface area contributed by atoms with Crippen LogP contribution in [0.5, 0.6) is 5.75 Å². The number of anilines is 1. The van der Waals surface area contributed by atoms with Crippen molar-refractivity contribution in [2.45, 2.75) is 50.5 Å². The fourth-order valence-corrected chi connectivity index (χ4v) is 4.51. The molecule has 0 aliphatic rings. The zero-order chi connectivity index (χ0) is 23.8. The van der Waals surface area contributed by atoms with Gasteiger partial charge in [-0.25, -0.2) is 4.39 Å². The zero-order valence-electron chi connectivity index (χ0n) is 19.2. The van der Waals surface area contributed by atoms with Crippen LogP contribution < -0.4 is 10.1 Å². The highest BCUT2D eigenvalue weighted by atomic mass is 35.5. The van der Waals surface area contributed by atoms with Crippen molar-refractivity contribution in [2.24, 2.45) is 0 Å². The van der Waals surface area contributed by atoms with Crippen molar-refractivity contribution >= 4 is 35.0 Å². The number of hydrogen-bond acceptors (Lipinski definition) is 3. The van der Waals surface area contributed by atoms with Gasteiger partial charge in [-0.05, 0) is 78.3 Å². The molecule has 6 heteroatoms. The van der Waals surface area contributed by atoms with E-state index in [1.807, 2.05) is 62.4 Å². The summed E-state index contributed by atoms with van der Waals surface area (Å²) in [6, 6.07) is 20.1. The number of hydrogen-bond donors (Lipinski definition) is 1. The Morgan fingerprint density at radius 3 is 2.24 bits per heavy atom. The van der Waals surface area contributed by atoms with Crippen LogP contribution in [0.3, 0.4) is 0 Å². The van der Waals surface area contributed by atoms with Crippen LogP contribution in [0.25, 0.3) is 0 Å². The topological polar surface area (TPSA) is 38.3 Å². The number of thioether (sulfide) groups is 1. The first-order chi connectivity index (χ1) is 15.9. The van der Waals surface area contributed by atoms with Gasteiger partial charge in [-0.1, -0.05) is 50.6 Å². The van der Waals surface area contributed by atoms with Gasteiger partial charge < -0.3 is 10.1 Å². The molecule has 3 nitrogen and oxygen atoms in total. The Kier molecular flexibility index (Phi) is 8.81. The average molecular weight is 486 g/mol. The van der Waals surface area contributed by atoms with E-state index < -0.39 is 11.4 Å². The predicted molar refractivity (Wildman–Crippen MR) is 136 cm³/mol. The fourth-order valence-electron chi connectivity index (χ4n) is 3.73. The summed E-state index contributed by atoms with van der Waals surface area (Å²) >= 11 is 7.63. The van der Waals surface area contributed by atoms with E-state index in [2.05, 4.69) is 12.2 Å². The number of carbonyl (C=O) groups is 1. The number of nitrogens with one attached hydrogen (secondary N) is 1. The molecule has 1 amide bonds. The second-order valence-corrected chi connectivity index (χ2v) is 9.50. The number of carbonyl (C=O) groups excluding carboxylic acids is 1. The minimum Gasteiger partial charge on any atom is -0.483 e. The number of ether oxygens (including phenoxy) is 1. The van der Waals surface area contributed by atoms with Gasteiger partial charge in [0.2, 0.25) is 5.91 Å². The van der Waals surface area contributed by atoms with Crippen LogP contribution in [0.15, 0.2) is 71.6 Å². The molecule has 0 aliphatic carbocycles. The summed E-state index contributed by atoms with van der Waals surface area (Å²) in [4.78, 5) is 13.7. The molecule has 0 aromatic heterocycles. The first kappa shape index (κ1) is 25.1. The number of amides is 1. The van der Waals surface area contributed by atoms with E-state index in [0.29, 0.717) is 30.7 Å². The smallest absolute Gasteiger partial charge is 0.228 e. The molecule has 0 saturated carbocycles. The Labute approximate surface area is 204 Å². The minimum absolute atomic E-state index is 0.0762. The van der Waals surface area contributed by atoms with Crippen LogP contribution in [0.2, 0.25) is 5.02 Å². The molecule has 0 atom stereocenters. The van der Waals surface area contributed by atoms with Gasteiger partial charge in [-0.15, -0.1) is 11.8 Å². The third kappa shape index (κ3) is 6.52. The zero-order valence-corrected chi connectivity index (χ0v) is 20.7. The third-order valence-corrected chi connectivity index (χ3v) is 6.84. The molecule has 1 N–H and O–H groups in total. The lowest BCUT2D eigenvalue weighted by molar-refractivity contribution is -0.115. The summed E-state index contributed by atoms with van der Waals surface area (Å²) in [5, 5.41) is 3.02. The number of rotatable bonds is 10. The molecule has 0 fully saturated rings. The summed E-state index contributed by atoms with van der Waals surface area (Å²) in [7, 11) is 0. The number of benzene rings is 3. The molecule has 0 unspecified atom stereocenters. The predicted octanol–water partition coefficient (Wildman–Crippen LogP) is 7.87. The molecule has 0 radical (unpaired) electrons. The normalized spacial score (nSPS) is 11.3. The van der Waals surface area contributed by atoms with Crippen LogP contribution in [0.1, 0.15) is 44.7 Å². The van der Waals surface area contributed by atoms with Crippen LogP contribution in [-0.4, -0.2) is 11.7 Å². The van der Waals surface area contributed by atoms with Crippen LogP contribution >= 0.6 is 23.4 Å². The quantitative estimate of drug-likeness (QED) is 0.297. The van der Waals surface area contributed by atoms with E-state index in [-0.39, 0.29) is 10.9 Å². The Hall–Kier alpha value is -2.50. The molecule has 3 aromatic rings. The van der Waals surface area contributed by atoms with Gasteiger partial charge in [-0.3, -0.25) is 4.79 Å². The van der Waals surface area contributed by atoms with E-state index in [0.717, 1.165) is 16.9 Å². The van der Waals surface area contributed by atoms with Crippen LogP contribution in [-0.2, 0) is 16.8 Å². The van der Waals surface area contributed by atoms with E-state index in [1.54, 1.807) is 23.9 Å². The van der Waals surface area contributed by atoms with Gasteiger partial charge in [0.05, 0.1) is 11.4 Å². The summed E-state index contributed by atoms with van der Waals surface area (Å²) in [5.74, 6) is 1.14. The fraction of sp³-hybridized carbons (Fsp3) is 0.296. The second-order valence-electron chi connectivity index (χ2n) is 7.76. The van der Waals surface area contributed by atoms with Gasteiger partial charge in [-0.2, -0.15) is 0 Å². The molecule has 0 heterocycles. The Balaban J connectivity index is 1.65. The average Bonchev–Trinajstić information content (AvgIpc) is 2.82. The summed E-state index contributed by atoms with van der Waals surface area (Å²) in [6.45, 7) is 6.14. The van der Waals surface area contributed by atoms with Crippen LogP contribution in [0.4, 0.5) is 10.1 Å². The monoisotopic (exact) mass is 485 g/mol. The molecule has 33 heavy (non-hydrogen) atoms. The summed E-state index contributed by atoms with van der Waals surface area (Å²) < 4.78 is 20.4. The maximum Gasteiger partial charge on any atom is 0.228 e. The third-order valence-electron chi connectivity index (χ3n) is 5.64. The van der Waals surface area contributed by atoms with Crippen molar-refractivity contribution in [3.8, 4) is 5.75 Å². The van der Waals surface area contributed by atoms with E-state index in [4.69, 9.17) is 16.3 Å². The highest BCUT2D eigenvalue weighted by molar-refractivity contribution is 7.99. The molecular formula is C27H29ClFNO2S. The maximum atomic E-state index is 14.1. The lowest BCUT2D eigenvalue weighted by Gasteiger charge is -2.33. The maximum absolute atomic E-state index is 14.1. The van der Waals surface area contributed by atoms with Gasteiger partial charge in [0.15, 0.2) is 0 Å². The van der Waals surface area contributed by atoms with Gasteiger partial charge >= 0.3 is 0 Å². The number of halogens is 2. The second kappa shape index (κ2) is 11.6. The molecule has 3 rings (SSSR count). The molecule has 0 spiro atoms. The highest BCUT2D eigenvalue weighted by Gasteiger charge is 2.31. The molecule has 0 aliphatic heterocycles. The molecular weight excluding hydrogens is 457 g/mol. The lowest BCUT2D eigenvalue weighted by Crippen LogP contribution is -2.31. The largest absolute Gasteiger partial charge is 0.483 e.